The summed E-state index contributed by atoms with van der Waals surface area (Å²) in [6, 6.07) is 5.36. The lowest BCUT2D eigenvalue weighted by atomic mass is 10.2. The number of amides is 1. The number of aromatic nitrogens is 4. The molecule has 29 heavy (non-hydrogen) atoms. The Morgan fingerprint density at radius 1 is 1.28 bits per heavy atom. The highest BCUT2D eigenvalue weighted by Crippen LogP contribution is 2.31. The molecule has 4 heterocycles. The highest BCUT2D eigenvalue weighted by molar-refractivity contribution is 8.26. The Labute approximate surface area is 176 Å². The molecule has 3 aromatic heterocycles. The summed E-state index contributed by atoms with van der Waals surface area (Å²) in [4.78, 5) is 35.9. The van der Waals surface area contributed by atoms with Crippen LogP contribution >= 0.6 is 24.0 Å². The number of carbonyl (C=O) groups excluding carboxylic acids is 1. The molecule has 3 aromatic rings. The van der Waals surface area contributed by atoms with Gasteiger partial charge in [0.1, 0.15) is 15.8 Å². The zero-order chi connectivity index (χ0) is 20.4. The second kappa shape index (κ2) is 8.18. The SMILES string of the molecule is CN1C(=O)/C(=C/c2c(NCCCn3ccnc3)nc3ccccn3c2=O)SC1=S. The summed E-state index contributed by atoms with van der Waals surface area (Å²) in [5, 5.41) is 3.25. The Balaban J connectivity index is 1.66. The zero-order valence-corrected chi connectivity index (χ0v) is 17.2. The summed E-state index contributed by atoms with van der Waals surface area (Å²) >= 11 is 6.37. The highest BCUT2D eigenvalue weighted by atomic mass is 32.2. The predicted octanol–water partition coefficient (Wildman–Crippen LogP) is 2.22. The minimum absolute atomic E-state index is 0.219. The molecule has 1 N–H and O–H groups in total. The number of carbonyl (C=O) groups is 1. The number of pyridine rings is 1. The number of fused-ring (bicyclic) bond motifs is 1. The minimum Gasteiger partial charge on any atom is -0.369 e. The topological polar surface area (TPSA) is 84.5 Å². The summed E-state index contributed by atoms with van der Waals surface area (Å²) in [7, 11) is 1.62. The number of anilines is 1. The standard InChI is InChI=1S/C19H18N6O2S2/c1-23-18(27)14(29-19(23)28)11-13-16(21-6-4-8-24-10-7-20-12-24)22-15-5-2-3-9-25(15)17(13)26/h2-3,5,7,9-12,21H,4,6,8H2,1H3/b14-11-. The van der Waals surface area contributed by atoms with Crippen LogP contribution in [0.4, 0.5) is 5.82 Å². The Morgan fingerprint density at radius 2 is 2.14 bits per heavy atom. The van der Waals surface area contributed by atoms with Gasteiger partial charge in [0, 0.05) is 38.7 Å². The van der Waals surface area contributed by atoms with E-state index >= 15 is 0 Å². The Hall–Kier alpha value is -2.98. The van der Waals surface area contributed by atoms with Gasteiger partial charge >= 0.3 is 0 Å². The molecule has 4 rings (SSSR count). The van der Waals surface area contributed by atoms with E-state index in [2.05, 4.69) is 15.3 Å². The van der Waals surface area contributed by atoms with E-state index in [1.54, 1.807) is 44.0 Å². The first-order valence-electron chi connectivity index (χ1n) is 8.97. The molecule has 1 aliphatic heterocycles. The lowest BCUT2D eigenvalue weighted by Crippen LogP contribution is -2.23. The quantitative estimate of drug-likeness (QED) is 0.368. The fourth-order valence-electron chi connectivity index (χ4n) is 2.93. The largest absolute Gasteiger partial charge is 0.369 e. The average Bonchev–Trinajstić information content (AvgIpc) is 3.32. The van der Waals surface area contributed by atoms with Crippen molar-refractivity contribution in [3.8, 4) is 0 Å². The fourth-order valence-corrected chi connectivity index (χ4v) is 4.09. The maximum absolute atomic E-state index is 13.1. The summed E-state index contributed by atoms with van der Waals surface area (Å²) in [6.45, 7) is 1.41. The van der Waals surface area contributed by atoms with Crippen LogP contribution in [0, 0.1) is 0 Å². The van der Waals surface area contributed by atoms with Crippen LogP contribution in [-0.4, -0.2) is 47.7 Å². The van der Waals surface area contributed by atoms with Gasteiger partial charge in [-0.3, -0.25) is 18.9 Å². The second-order valence-corrected chi connectivity index (χ2v) is 8.11. The number of hydrogen-bond acceptors (Lipinski definition) is 7. The molecule has 1 aliphatic rings. The van der Waals surface area contributed by atoms with Gasteiger partial charge in [-0.1, -0.05) is 30.0 Å². The van der Waals surface area contributed by atoms with Gasteiger partial charge in [0.25, 0.3) is 11.5 Å². The predicted molar refractivity (Wildman–Crippen MR) is 118 cm³/mol. The molecule has 1 amide bonds. The normalized spacial score (nSPS) is 15.6. The van der Waals surface area contributed by atoms with E-state index in [0.29, 0.717) is 32.8 Å². The average molecular weight is 427 g/mol. The van der Waals surface area contributed by atoms with Gasteiger partial charge in [-0.25, -0.2) is 9.97 Å². The number of rotatable bonds is 6. The molecular formula is C19H18N6O2S2. The van der Waals surface area contributed by atoms with Crippen molar-refractivity contribution in [2.75, 3.05) is 18.9 Å². The molecule has 0 unspecified atom stereocenters. The molecule has 8 nitrogen and oxygen atoms in total. The van der Waals surface area contributed by atoms with Gasteiger partial charge in [0.2, 0.25) is 0 Å². The third kappa shape index (κ3) is 3.94. The third-order valence-electron chi connectivity index (χ3n) is 4.48. The second-order valence-electron chi connectivity index (χ2n) is 6.43. The molecule has 0 aromatic carbocycles. The van der Waals surface area contributed by atoms with E-state index in [0.717, 1.165) is 13.0 Å². The van der Waals surface area contributed by atoms with Crippen molar-refractivity contribution in [3.63, 3.8) is 0 Å². The Kier molecular flexibility index (Phi) is 5.45. The molecule has 0 atom stereocenters. The molecule has 0 saturated carbocycles. The molecule has 1 fully saturated rings. The summed E-state index contributed by atoms with van der Waals surface area (Å²) in [6.07, 6.45) is 9.47. The highest BCUT2D eigenvalue weighted by Gasteiger charge is 2.29. The van der Waals surface area contributed by atoms with Crippen LogP contribution in [0.1, 0.15) is 12.0 Å². The van der Waals surface area contributed by atoms with Gasteiger partial charge in [0.15, 0.2) is 0 Å². The smallest absolute Gasteiger partial charge is 0.267 e. The monoisotopic (exact) mass is 426 g/mol. The summed E-state index contributed by atoms with van der Waals surface area (Å²) in [5.41, 5.74) is 0.633. The van der Waals surface area contributed by atoms with Crippen LogP contribution < -0.4 is 10.9 Å². The van der Waals surface area contributed by atoms with Crippen molar-refractivity contribution >= 4 is 51.7 Å². The number of imidazole rings is 1. The Bertz CT molecular complexity index is 1170. The van der Waals surface area contributed by atoms with Crippen molar-refractivity contribution in [1.82, 2.24) is 23.8 Å². The Morgan fingerprint density at radius 3 is 2.86 bits per heavy atom. The van der Waals surface area contributed by atoms with Gasteiger partial charge in [-0.15, -0.1) is 0 Å². The first-order chi connectivity index (χ1) is 14.0. The number of hydrogen-bond donors (Lipinski definition) is 1. The molecular weight excluding hydrogens is 408 g/mol. The number of nitrogens with one attached hydrogen (secondary N) is 1. The van der Waals surface area contributed by atoms with Gasteiger partial charge in [-0.05, 0) is 24.6 Å². The molecule has 148 valence electrons. The van der Waals surface area contributed by atoms with Crippen LogP contribution in [0.25, 0.3) is 11.7 Å². The summed E-state index contributed by atoms with van der Waals surface area (Å²) < 4.78 is 3.91. The maximum atomic E-state index is 13.1. The fraction of sp³-hybridized carbons (Fsp3) is 0.211. The van der Waals surface area contributed by atoms with Crippen LogP contribution in [-0.2, 0) is 11.3 Å². The molecule has 0 bridgehead atoms. The van der Waals surface area contributed by atoms with Crippen molar-refractivity contribution < 1.29 is 4.79 Å². The van der Waals surface area contributed by atoms with Crippen LogP contribution in [0.15, 0.2) is 52.8 Å². The first kappa shape index (κ1) is 19.3. The van der Waals surface area contributed by atoms with Crippen LogP contribution in [0.3, 0.4) is 0 Å². The van der Waals surface area contributed by atoms with Crippen molar-refractivity contribution in [2.24, 2.45) is 0 Å². The van der Waals surface area contributed by atoms with Gasteiger partial charge in [-0.2, -0.15) is 0 Å². The van der Waals surface area contributed by atoms with E-state index in [1.807, 2.05) is 16.8 Å². The van der Waals surface area contributed by atoms with Gasteiger partial charge in [0.05, 0.1) is 16.8 Å². The molecule has 10 heteroatoms. The lowest BCUT2D eigenvalue weighted by molar-refractivity contribution is -0.121. The van der Waals surface area contributed by atoms with Crippen molar-refractivity contribution in [3.05, 3.63) is 63.9 Å². The number of likely N-dealkylation sites (N-methyl/N-ethyl adjacent to an activating group) is 1. The van der Waals surface area contributed by atoms with E-state index < -0.39 is 0 Å². The maximum Gasteiger partial charge on any atom is 0.267 e. The lowest BCUT2D eigenvalue weighted by Gasteiger charge is -2.11. The number of thioether (sulfide) groups is 1. The summed E-state index contributed by atoms with van der Waals surface area (Å²) in [5.74, 6) is 0.233. The van der Waals surface area contributed by atoms with Crippen molar-refractivity contribution in [2.45, 2.75) is 13.0 Å². The zero-order valence-electron chi connectivity index (χ0n) is 15.6. The number of thiocarbonyl (C=S) groups is 1. The van der Waals surface area contributed by atoms with E-state index in [1.165, 1.54) is 21.1 Å². The van der Waals surface area contributed by atoms with Crippen molar-refractivity contribution in [1.29, 1.82) is 0 Å². The van der Waals surface area contributed by atoms with E-state index in [9.17, 15) is 9.59 Å². The first-order valence-corrected chi connectivity index (χ1v) is 10.2. The molecule has 1 saturated heterocycles. The van der Waals surface area contributed by atoms with Crippen LogP contribution in [0.2, 0.25) is 0 Å². The van der Waals surface area contributed by atoms with Gasteiger partial charge < -0.3 is 9.88 Å². The third-order valence-corrected chi connectivity index (χ3v) is 5.96. The molecule has 0 aliphatic carbocycles. The van der Waals surface area contributed by atoms with E-state index in [-0.39, 0.29) is 11.5 Å². The molecule has 0 radical (unpaired) electrons. The number of aryl methyl sites for hydroxylation is 1. The number of nitrogens with zero attached hydrogens (tertiary/aromatic N) is 5. The van der Waals surface area contributed by atoms with E-state index in [4.69, 9.17) is 12.2 Å². The molecule has 0 spiro atoms. The van der Waals surface area contributed by atoms with Crippen LogP contribution in [0.5, 0.6) is 0 Å². The minimum atomic E-state index is -0.242.